The Morgan fingerprint density at radius 2 is 0.750 bits per heavy atom. The quantitative estimate of drug-likeness (QED) is 0.00989. The van der Waals surface area contributed by atoms with Gasteiger partial charge in [0, 0.05) is 51.0 Å². The first-order valence-electron chi connectivity index (χ1n) is 45.4. The Balaban J connectivity index is 0.000000582. The summed E-state index contributed by atoms with van der Waals surface area (Å²) in [5.41, 5.74) is 6.65. The molecule has 132 heavy (non-hydrogen) atoms. The predicted molar refractivity (Wildman–Crippen MR) is 498 cm³/mol. The molecule has 0 aromatic heterocycles. The molecule has 4 aromatic carbocycles. The van der Waals surface area contributed by atoms with Crippen molar-refractivity contribution >= 4 is 71.6 Å². The molecule has 0 saturated heterocycles. The van der Waals surface area contributed by atoms with E-state index in [1.54, 1.807) is 43.3 Å². The number of rotatable bonds is 55. The highest BCUT2D eigenvalue weighted by atomic mass is 19.1. The van der Waals surface area contributed by atoms with Gasteiger partial charge in [-0.25, -0.2) is 47.1 Å². The zero-order valence-electron chi connectivity index (χ0n) is 78.7. The van der Waals surface area contributed by atoms with Crippen LogP contribution in [0.15, 0.2) is 151 Å². The van der Waals surface area contributed by atoms with Crippen molar-refractivity contribution in [3.8, 4) is 28.0 Å². The Morgan fingerprint density at radius 3 is 1.16 bits per heavy atom. The first-order valence-corrected chi connectivity index (χ1v) is 45.4. The molecule has 2 aliphatic carbocycles. The molecule has 27 heteroatoms. The number of esters is 12. The van der Waals surface area contributed by atoms with Gasteiger partial charge in [0.15, 0.2) is 0 Å². The molecule has 6 rings (SSSR count). The lowest BCUT2D eigenvalue weighted by molar-refractivity contribution is -0.165. The molecule has 0 N–H and O–H groups in total. The number of hydrogen-bond acceptors (Lipinski definition) is 25. The van der Waals surface area contributed by atoms with Gasteiger partial charge in [-0.3, -0.25) is 19.2 Å². The van der Waals surface area contributed by atoms with Crippen LogP contribution in [0.1, 0.15) is 263 Å². The maximum atomic E-state index is 16.2. The molecule has 2 aliphatic rings. The van der Waals surface area contributed by atoms with Gasteiger partial charge in [0.25, 0.3) is 0 Å². The number of benzene rings is 4. The molecule has 0 atom stereocenters. The molecule has 0 heterocycles. The number of ether oxygens (including phenoxy) is 13. The third-order valence-electron chi connectivity index (χ3n) is 22.8. The van der Waals surface area contributed by atoms with Crippen LogP contribution in [0.5, 0.6) is 5.75 Å². The summed E-state index contributed by atoms with van der Waals surface area (Å²) in [4.78, 5) is 150. The summed E-state index contributed by atoms with van der Waals surface area (Å²) in [5, 5.41) is 0. The van der Waals surface area contributed by atoms with Gasteiger partial charge in [-0.1, -0.05) is 162 Å². The van der Waals surface area contributed by atoms with Crippen LogP contribution in [0.3, 0.4) is 0 Å². The fourth-order valence-electron chi connectivity index (χ4n) is 15.1. The molecule has 0 aliphatic heterocycles. The molecule has 0 radical (unpaired) electrons. The lowest BCUT2D eigenvalue weighted by Gasteiger charge is -2.32. The monoisotopic (exact) mass is 1840 g/mol. The largest absolute Gasteiger partial charge is 0.492 e. The standard InChI is InChI=1S/C59H77FO17.C45H59FO8.CH4/c1-10-11-12-14-43-16-18-44(19-17-43)45-20-22-48(49(60)34-45)46-21-23-50(47(33-46)15-13-28-71-55(65)39(2)3)74-35-59(38-77-58(68)42(8)9,36-75-53(63)26-24-51(61)69-29-31-72-56(66)40(4)5)37-76-54(64)27-25-52(62)70-30-32-73-57(67)41(6)7;1-9-11-12-14-31-16-18-33(19-17-31)35-20-21-38(40(46)28-35)39-27-34(15-13-23-53-42(47)29(3)4)37(25-32(39)10-2)26-36(22-24-54-43(48)30(5)6)41(44(49)51-7)45(50)52-8;/h20-23,33-34,43-44H,2,4,6,8,10-19,24-32,35-38H2,1,3,5,7,9H3;20-21,25,27-28,31,33H,3,5,9-19,22-24,26H2,1-2,4,6-8H3;1H4. The van der Waals surface area contributed by atoms with Crippen molar-refractivity contribution < 1.29 is 128 Å². The number of hydrogen-bond donors (Lipinski definition) is 0. The van der Waals surface area contributed by atoms with Crippen LogP contribution in [0, 0.1) is 28.9 Å². The van der Waals surface area contributed by atoms with E-state index in [-0.39, 0.29) is 130 Å². The van der Waals surface area contributed by atoms with Gasteiger partial charge in [-0.2, -0.15) is 0 Å². The molecule has 0 spiro atoms. The van der Waals surface area contributed by atoms with Crippen LogP contribution in [0.4, 0.5) is 8.78 Å². The Morgan fingerprint density at radius 1 is 0.364 bits per heavy atom. The van der Waals surface area contributed by atoms with Gasteiger partial charge in [0.1, 0.15) is 81.2 Å². The first-order chi connectivity index (χ1) is 62.5. The van der Waals surface area contributed by atoms with E-state index in [4.69, 9.17) is 61.6 Å². The summed E-state index contributed by atoms with van der Waals surface area (Å²) >= 11 is 0. The smallest absolute Gasteiger partial charge is 0.345 e. The number of carbonyl (C=O) groups is 12. The third kappa shape index (κ3) is 39.4. The number of carbonyl (C=O) groups excluding carboxylic acids is 12. The normalized spacial score (nSPS) is 14.3. The number of methoxy groups -OCH3 is 2. The summed E-state index contributed by atoms with van der Waals surface area (Å²) in [7, 11) is 2.34. The lowest BCUT2D eigenvalue weighted by Crippen LogP contribution is -2.44. The molecule has 0 unspecified atom stereocenters. The molecule has 2 fully saturated rings. The van der Waals surface area contributed by atoms with Gasteiger partial charge >= 0.3 is 71.6 Å². The van der Waals surface area contributed by atoms with E-state index in [1.807, 2.05) is 31.2 Å². The van der Waals surface area contributed by atoms with Crippen molar-refractivity contribution in [2.75, 3.05) is 86.9 Å². The van der Waals surface area contributed by atoms with Crippen LogP contribution in [0.25, 0.3) is 22.3 Å². The minimum Gasteiger partial charge on any atom is -0.492 e. The van der Waals surface area contributed by atoms with E-state index >= 15 is 8.78 Å². The summed E-state index contributed by atoms with van der Waals surface area (Å²) in [5.74, 6) is -7.29. The summed E-state index contributed by atoms with van der Waals surface area (Å²) < 4.78 is 102. The Bertz CT molecular complexity index is 4600. The molecule has 25 nitrogen and oxygen atoms in total. The van der Waals surface area contributed by atoms with Crippen LogP contribution in [0.2, 0.25) is 0 Å². The maximum absolute atomic E-state index is 16.2. The van der Waals surface area contributed by atoms with Crippen LogP contribution >= 0.6 is 0 Å². The molecule has 0 amide bonds. The molecule has 4 aromatic rings. The second-order valence-corrected chi connectivity index (χ2v) is 33.9. The summed E-state index contributed by atoms with van der Waals surface area (Å²) in [6.07, 6.45) is 19.2. The zero-order valence-corrected chi connectivity index (χ0v) is 78.7. The third-order valence-corrected chi connectivity index (χ3v) is 22.8. The van der Waals surface area contributed by atoms with E-state index in [0.29, 0.717) is 70.9 Å². The second kappa shape index (κ2) is 59.7. The van der Waals surface area contributed by atoms with Crippen molar-refractivity contribution in [2.45, 2.75) is 255 Å². The van der Waals surface area contributed by atoms with E-state index in [1.165, 1.54) is 113 Å². The highest BCUT2D eigenvalue weighted by Crippen LogP contribution is 2.43. The molecule has 0 bridgehead atoms. The SMILES string of the molecule is C.C=C(C)C(=O)OCCCc1cc(-c2ccc(C3CCC(CCCCC)CC3)cc2F)c(CC)cc1CC(CCOC(=O)C(=C)C)=C(C(=O)OC)C(=O)OC.C=C(C)C(=O)OCCCc1cc(-c2ccc(C3CCC(CCCCC)CC3)cc2F)ccc1OCC(COC(=O)CCC(=O)OCCOC(=O)C(=C)C)(COC(=O)CCC(=O)OCCOC(=O)C(=C)C)COC(=O)C(=C)C. The second-order valence-electron chi connectivity index (χ2n) is 33.9. The number of aryl methyl sites for hydroxylation is 3. The first kappa shape index (κ1) is 113. The Kier molecular flexibility index (Phi) is 51.0. The van der Waals surface area contributed by atoms with Crippen LogP contribution in [-0.2, 0) is 140 Å². The van der Waals surface area contributed by atoms with Gasteiger partial charge < -0.3 is 61.6 Å². The Labute approximate surface area is 778 Å². The van der Waals surface area contributed by atoms with Crippen LogP contribution < -0.4 is 4.74 Å². The van der Waals surface area contributed by atoms with Crippen molar-refractivity contribution in [1.29, 1.82) is 0 Å². The number of halogens is 2. The van der Waals surface area contributed by atoms with Crippen molar-refractivity contribution in [2.24, 2.45) is 17.3 Å². The average molecular weight is 1840 g/mol. The average Bonchev–Trinajstić information content (AvgIpc) is 0.791. The van der Waals surface area contributed by atoms with Crippen LogP contribution in [-0.4, -0.2) is 159 Å². The topological polar surface area (TPSA) is 325 Å². The maximum Gasteiger partial charge on any atom is 0.345 e. The fourth-order valence-corrected chi connectivity index (χ4v) is 15.1. The Hall–Kier alpha value is -11.6. The van der Waals surface area contributed by atoms with Gasteiger partial charge in [0.2, 0.25) is 0 Å². The minimum absolute atomic E-state index is 0. The van der Waals surface area contributed by atoms with Crippen molar-refractivity contribution in [3.63, 3.8) is 0 Å². The summed E-state index contributed by atoms with van der Waals surface area (Å²) in [6, 6.07) is 20.0. The minimum atomic E-state index is -1.67. The molecule has 2 saturated carbocycles. The zero-order chi connectivity index (χ0) is 96.7. The van der Waals surface area contributed by atoms with E-state index in [0.717, 1.165) is 77.8 Å². The highest BCUT2D eigenvalue weighted by molar-refractivity contribution is 6.14. The van der Waals surface area contributed by atoms with Gasteiger partial charge in [-0.15, -0.1) is 0 Å². The molecular weight excluding hydrogens is 1700 g/mol. The van der Waals surface area contributed by atoms with E-state index in [9.17, 15) is 57.5 Å². The lowest BCUT2D eigenvalue weighted by atomic mass is 9.76. The summed E-state index contributed by atoms with van der Waals surface area (Å²) in [6.45, 7) is 33.6. The number of unbranched alkanes of at least 4 members (excludes halogenated alkanes) is 4. The van der Waals surface area contributed by atoms with Crippen molar-refractivity contribution in [1.82, 2.24) is 0 Å². The molecule has 724 valence electrons. The van der Waals surface area contributed by atoms with E-state index < -0.39 is 129 Å². The van der Waals surface area contributed by atoms with Gasteiger partial charge in [0.05, 0.1) is 59.7 Å². The molecular formula is C105H140F2O25. The fraction of sp³-hybridized carbons (Fsp3) is 0.524. The predicted octanol–water partition coefficient (Wildman–Crippen LogP) is 20.1. The van der Waals surface area contributed by atoms with Crippen molar-refractivity contribution in [3.05, 3.63) is 196 Å². The highest BCUT2D eigenvalue weighted by Gasteiger charge is 2.39. The van der Waals surface area contributed by atoms with Gasteiger partial charge in [-0.05, 0) is 229 Å². The van der Waals surface area contributed by atoms with E-state index in [2.05, 4.69) is 59.4 Å².